The second kappa shape index (κ2) is 7.83. The molecule has 0 bridgehead atoms. The van der Waals surface area contributed by atoms with Gasteiger partial charge in [-0.2, -0.15) is 0 Å². The highest BCUT2D eigenvalue weighted by Gasteiger charge is 2.25. The van der Waals surface area contributed by atoms with Gasteiger partial charge in [0.05, 0.1) is 7.11 Å². The van der Waals surface area contributed by atoms with Gasteiger partial charge < -0.3 is 15.0 Å². The monoisotopic (exact) mass is 371 g/mol. The number of thiocarbonyl (C=S) groups is 1. The zero-order valence-corrected chi connectivity index (χ0v) is 15.2. The predicted molar refractivity (Wildman–Crippen MR) is 102 cm³/mol. The van der Waals surface area contributed by atoms with Crippen LogP contribution in [0.4, 0.5) is 5.69 Å². The average molecular weight is 371 g/mol. The number of para-hydroxylation sites is 1. The molecule has 26 heavy (non-hydrogen) atoms. The molecule has 0 spiro atoms. The highest BCUT2D eigenvalue weighted by Crippen LogP contribution is 2.11. The second-order valence-electron chi connectivity index (χ2n) is 5.61. The molecular formula is C18H19N4O3S+. The molecule has 0 aliphatic rings. The second-order valence-corrected chi connectivity index (χ2v) is 6.00. The Kier molecular flexibility index (Phi) is 5.33. The number of nitrogens with one attached hydrogen (secondary N) is 2. The third kappa shape index (κ3) is 3.92. The maximum Gasteiger partial charge on any atom is 0.432 e. The fourth-order valence-corrected chi connectivity index (χ4v) is 2.59. The fraction of sp³-hybridized carbons (Fsp3) is 0.167. The van der Waals surface area contributed by atoms with E-state index in [1.807, 2.05) is 61.6 Å². The van der Waals surface area contributed by atoms with Gasteiger partial charge >= 0.3 is 11.3 Å². The molecule has 7 nitrogen and oxygen atoms in total. The summed E-state index contributed by atoms with van der Waals surface area (Å²) in [6.07, 6.45) is 0. The SMILES string of the molecule is COc1ccc(-[n+]2[nH]oc(=O)c2CN(C)C(=S)Nc2ccccc2)cc1. The molecule has 3 rings (SSSR count). The van der Waals surface area contributed by atoms with Crippen LogP contribution in [0.5, 0.6) is 5.75 Å². The number of ether oxygens (including phenoxy) is 1. The highest BCUT2D eigenvalue weighted by atomic mass is 32.1. The lowest BCUT2D eigenvalue weighted by Gasteiger charge is -2.18. The Bertz CT molecular complexity index is 935. The largest absolute Gasteiger partial charge is 0.497 e. The van der Waals surface area contributed by atoms with Crippen LogP contribution in [0.25, 0.3) is 5.69 Å². The van der Waals surface area contributed by atoms with E-state index in [1.165, 1.54) is 0 Å². The molecule has 0 amide bonds. The molecule has 0 aliphatic heterocycles. The van der Waals surface area contributed by atoms with Gasteiger partial charge in [-0.25, -0.2) is 4.79 Å². The summed E-state index contributed by atoms with van der Waals surface area (Å²) >= 11 is 5.41. The topological polar surface area (TPSA) is 74.4 Å². The van der Waals surface area contributed by atoms with Crippen molar-refractivity contribution in [3.63, 3.8) is 0 Å². The van der Waals surface area contributed by atoms with E-state index in [4.69, 9.17) is 21.5 Å². The first-order valence-corrected chi connectivity index (χ1v) is 8.33. The summed E-state index contributed by atoms with van der Waals surface area (Å²) < 4.78 is 11.7. The molecule has 0 unspecified atom stereocenters. The van der Waals surface area contributed by atoms with Crippen LogP contribution in [0.15, 0.2) is 63.9 Å². The van der Waals surface area contributed by atoms with Crippen LogP contribution in [0.3, 0.4) is 0 Å². The van der Waals surface area contributed by atoms with E-state index in [1.54, 1.807) is 16.7 Å². The Morgan fingerprint density at radius 2 is 1.92 bits per heavy atom. The van der Waals surface area contributed by atoms with Crippen molar-refractivity contribution in [3.8, 4) is 11.4 Å². The molecule has 134 valence electrons. The van der Waals surface area contributed by atoms with Crippen LogP contribution in [-0.4, -0.2) is 29.4 Å². The third-order valence-electron chi connectivity index (χ3n) is 3.82. The molecule has 0 fully saturated rings. The standard InChI is InChI=1S/C18H18N4O3S/c1-21(18(26)19-13-6-4-3-5-7-13)12-16-17(23)25-20-22(16)14-8-10-15(24-2)11-9-14/h3-11H,12H2,1-2H3,(H-,19,20,23,26)/p+1. The normalized spacial score (nSPS) is 10.4. The molecule has 0 saturated carbocycles. The molecule has 1 heterocycles. The first-order chi connectivity index (χ1) is 12.6. The molecule has 1 aromatic heterocycles. The fourth-order valence-electron chi connectivity index (χ4n) is 2.40. The Balaban J connectivity index is 1.78. The van der Waals surface area contributed by atoms with Gasteiger partial charge in [0.25, 0.3) is 0 Å². The van der Waals surface area contributed by atoms with E-state index in [0.29, 0.717) is 10.8 Å². The summed E-state index contributed by atoms with van der Waals surface area (Å²) in [5.74, 6) is 0.729. The van der Waals surface area contributed by atoms with Crippen molar-refractivity contribution in [2.45, 2.75) is 6.54 Å². The van der Waals surface area contributed by atoms with E-state index in [-0.39, 0.29) is 6.54 Å². The summed E-state index contributed by atoms with van der Waals surface area (Å²) in [6, 6.07) is 16.9. The summed E-state index contributed by atoms with van der Waals surface area (Å²) in [7, 11) is 3.41. The van der Waals surface area contributed by atoms with Gasteiger partial charge in [-0.05, 0) is 46.4 Å². The molecule has 0 radical (unpaired) electrons. The van der Waals surface area contributed by atoms with Crippen molar-refractivity contribution >= 4 is 23.0 Å². The molecule has 0 saturated heterocycles. The van der Waals surface area contributed by atoms with Crippen molar-refractivity contribution in [3.05, 3.63) is 70.7 Å². The zero-order valence-electron chi connectivity index (χ0n) is 14.4. The summed E-state index contributed by atoms with van der Waals surface area (Å²) in [6.45, 7) is 0.274. The van der Waals surface area contributed by atoms with Crippen molar-refractivity contribution in [1.29, 1.82) is 0 Å². The van der Waals surface area contributed by atoms with E-state index in [0.717, 1.165) is 17.1 Å². The van der Waals surface area contributed by atoms with Crippen LogP contribution in [0.1, 0.15) is 5.69 Å². The minimum absolute atomic E-state index is 0.274. The number of methoxy groups -OCH3 is 1. The Labute approximate surface area is 155 Å². The van der Waals surface area contributed by atoms with Crippen LogP contribution in [-0.2, 0) is 6.54 Å². The predicted octanol–water partition coefficient (Wildman–Crippen LogP) is 2.08. The lowest BCUT2D eigenvalue weighted by molar-refractivity contribution is -0.678. The molecule has 0 atom stereocenters. The lowest BCUT2D eigenvalue weighted by atomic mass is 10.3. The first kappa shape index (κ1) is 17.7. The maximum absolute atomic E-state index is 12.1. The number of hydrogen-bond donors (Lipinski definition) is 2. The molecular weight excluding hydrogens is 352 g/mol. The van der Waals surface area contributed by atoms with E-state index < -0.39 is 5.63 Å². The quantitative estimate of drug-likeness (QED) is 0.528. The van der Waals surface area contributed by atoms with Crippen LogP contribution >= 0.6 is 12.2 Å². The summed E-state index contributed by atoms with van der Waals surface area (Å²) in [5, 5.41) is 6.25. The third-order valence-corrected chi connectivity index (χ3v) is 4.24. The van der Waals surface area contributed by atoms with Gasteiger partial charge in [0.15, 0.2) is 5.11 Å². The average Bonchev–Trinajstić information content (AvgIpc) is 3.03. The minimum atomic E-state index is -0.449. The zero-order chi connectivity index (χ0) is 18.5. The number of hydrogen-bond acceptors (Lipinski definition) is 4. The number of nitrogens with zero attached hydrogens (tertiary/aromatic N) is 2. The minimum Gasteiger partial charge on any atom is -0.497 e. The molecule has 2 aromatic carbocycles. The Morgan fingerprint density at radius 1 is 1.23 bits per heavy atom. The van der Waals surface area contributed by atoms with E-state index >= 15 is 0 Å². The molecule has 8 heteroatoms. The van der Waals surface area contributed by atoms with Gasteiger partial charge in [-0.3, -0.25) is 4.52 Å². The van der Waals surface area contributed by atoms with Crippen molar-refractivity contribution < 1.29 is 13.9 Å². The lowest BCUT2D eigenvalue weighted by Crippen LogP contribution is -2.43. The van der Waals surface area contributed by atoms with Crippen molar-refractivity contribution in [2.75, 3.05) is 19.5 Å². The number of anilines is 1. The van der Waals surface area contributed by atoms with Gasteiger partial charge in [0.2, 0.25) is 5.69 Å². The van der Waals surface area contributed by atoms with E-state index in [2.05, 4.69) is 10.6 Å². The maximum atomic E-state index is 12.1. The summed E-state index contributed by atoms with van der Waals surface area (Å²) in [4.78, 5) is 13.9. The number of benzene rings is 2. The number of aromatic nitrogens is 2. The Hall–Kier alpha value is -3.13. The van der Waals surface area contributed by atoms with Crippen LogP contribution in [0.2, 0.25) is 0 Å². The smallest absolute Gasteiger partial charge is 0.432 e. The molecule has 3 aromatic rings. The number of aromatic amines is 1. The highest BCUT2D eigenvalue weighted by molar-refractivity contribution is 7.80. The summed E-state index contributed by atoms with van der Waals surface area (Å²) in [5.41, 5.74) is 1.61. The van der Waals surface area contributed by atoms with Crippen LogP contribution < -0.4 is 20.4 Å². The number of rotatable bonds is 5. The van der Waals surface area contributed by atoms with E-state index in [9.17, 15) is 4.79 Å². The van der Waals surface area contributed by atoms with Crippen molar-refractivity contribution in [1.82, 2.24) is 10.2 Å². The first-order valence-electron chi connectivity index (χ1n) is 7.92. The van der Waals surface area contributed by atoms with Gasteiger partial charge in [-0.1, -0.05) is 18.2 Å². The van der Waals surface area contributed by atoms with Gasteiger partial charge in [0, 0.05) is 24.9 Å². The van der Waals surface area contributed by atoms with Gasteiger partial charge in [-0.15, -0.1) is 0 Å². The molecule has 0 aliphatic carbocycles. The van der Waals surface area contributed by atoms with Gasteiger partial charge in [0.1, 0.15) is 12.3 Å². The van der Waals surface area contributed by atoms with Crippen molar-refractivity contribution in [2.24, 2.45) is 0 Å². The van der Waals surface area contributed by atoms with Crippen LogP contribution in [0, 0.1) is 0 Å². The Morgan fingerprint density at radius 3 is 2.58 bits per heavy atom. The molecule has 2 N–H and O–H groups in total. The number of H-pyrrole nitrogens is 1.